The Bertz CT molecular complexity index is 384. The van der Waals surface area contributed by atoms with Gasteiger partial charge >= 0.3 is 0 Å². The lowest BCUT2D eigenvalue weighted by atomic mass is 10.1. The third kappa shape index (κ3) is 3.35. The molecule has 1 heterocycles. The SMILES string of the molecule is COCC1CCN(Cc2ccc(N)c(Cl)c2)C1. The summed E-state index contributed by atoms with van der Waals surface area (Å²) >= 11 is 6.01. The van der Waals surface area contributed by atoms with Crippen LogP contribution in [0.5, 0.6) is 0 Å². The van der Waals surface area contributed by atoms with Crippen LogP contribution in [0.15, 0.2) is 18.2 Å². The molecule has 1 aliphatic rings. The Morgan fingerprint density at radius 3 is 3.06 bits per heavy atom. The van der Waals surface area contributed by atoms with E-state index in [-0.39, 0.29) is 0 Å². The van der Waals surface area contributed by atoms with Gasteiger partial charge in [-0.2, -0.15) is 0 Å². The maximum absolute atomic E-state index is 6.01. The second-order valence-electron chi connectivity index (χ2n) is 4.70. The Kier molecular flexibility index (Phi) is 4.26. The zero-order valence-corrected chi connectivity index (χ0v) is 10.9. The minimum absolute atomic E-state index is 0.647. The second kappa shape index (κ2) is 5.71. The molecule has 1 atom stereocenters. The van der Waals surface area contributed by atoms with E-state index in [0.29, 0.717) is 16.6 Å². The molecule has 1 unspecified atom stereocenters. The lowest BCUT2D eigenvalue weighted by Gasteiger charge is -2.16. The number of nitrogens with zero attached hydrogens (tertiary/aromatic N) is 1. The highest BCUT2D eigenvalue weighted by Crippen LogP contribution is 2.23. The Hall–Kier alpha value is -0.770. The number of nitrogen functional groups attached to an aromatic ring is 1. The fourth-order valence-electron chi connectivity index (χ4n) is 2.36. The van der Waals surface area contributed by atoms with Crippen molar-refractivity contribution in [1.29, 1.82) is 0 Å². The van der Waals surface area contributed by atoms with Gasteiger partial charge in [0.15, 0.2) is 0 Å². The summed E-state index contributed by atoms with van der Waals surface area (Å²) in [6.07, 6.45) is 1.22. The molecule has 0 amide bonds. The van der Waals surface area contributed by atoms with E-state index in [1.54, 1.807) is 7.11 Å². The average molecular weight is 255 g/mol. The van der Waals surface area contributed by atoms with Crippen molar-refractivity contribution in [3.05, 3.63) is 28.8 Å². The summed E-state index contributed by atoms with van der Waals surface area (Å²) in [6, 6.07) is 5.88. The monoisotopic (exact) mass is 254 g/mol. The second-order valence-corrected chi connectivity index (χ2v) is 5.11. The molecule has 1 aromatic rings. The first-order chi connectivity index (χ1) is 8.19. The predicted molar refractivity (Wildman–Crippen MR) is 71.1 cm³/mol. The van der Waals surface area contributed by atoms with E-state index in [1.807, 2.05) is 18.2 Å². The number of hydrogen-bond acceptors (Lipinski definition) is 3. The number of hydrogen-bond donors (Lipinski definition) is 1. The summed E-state index contributed by atoms with van der Waals surface area (Å²) in [4.78, 5) is 2.44. The summed E-state index contributed by atoms with van der Waals surface area (Å²) in [5.41, 5.74) is 7.57. The van der Waals surface area contributed by atoms with E-state index in [9.17, 15) is 0 Å². The lowest BCUT2D eigenvalue weighted by Crippen LogP contribution is -2.21. The van der Waals surface area contributed by atoms with Crippen LogP contribution in [0.1, 0.15) is 12.0 Å². The van der Waals surface area contributed by atoms with Gasteiger partial charge < -0.3 is 10.5 Å². The van der Waals surface area contributed by atoms with Crippen LogP contribution in [0.25, 0.3) is 0 Å². The zero-order valence-electron chi connectivity index (χ0n) is 10.2. The minimum atomic E-state index is 0.647. The van der Waals surface area contributed by atoms with Crippen molar-refractivity contribution in [2.45, 2.75) is 13.0 Å². The van der Waals surface area contributed by atoms with E-state index in [4.69, 9.17) is 22.1 Å². The van der Waals surface area contributed by atoms with Crippen LogP contribution in [0, 0.1) is 5.92 Å². The molecule has 2 N–H and O–H groups in total. The van der Waals surface area contributed by atoms with Crippen LogP contribution in [0.3, 0.4) is 0 Å². The van der Waals surface area contributed by atoms with Crippen molar-refractivity contribution >= 4 is 17.3 Å². The molecule has 1 aromatic carbocycles. The fraction of sp³-hybridized carbons (Fsp3) is 0.538. The number of anilines is 1. The molecular weight excluding hydrogens is 236 g/mol. The van der Waals surface area contributed by atoms with Crippen LogP contribution < -0.4 is 5.73 Å². The van der Waals surface area contributed by atoms with Gasteiger partial charge in [0.1, 0.15) is 0 Å². The minimum Gasteiger partial charge on any atom is -0.398 e. The fourth-order valence-corrected chi connectivity index (χ4v) is 2.56. The van der Waals surface area contributed by atoms with Crippen molar-refractivity contribution in [3.8, 4) is 0 Å². The normalized spacial score (nSPS) is 20.9. The van der Waals surface area contributed by atoms with E-state index in [0.717, 1.165) is 26.2 Å². The van der Waals surface area contributed by atoms with E-state index in [1.165, 1.54) is 12.0 Å². The third-order valence-electron chi connectivity index (χ3n) is 3.24. The van der Waals surface area contributed by atoms with Gasteiger partial charge in [-0.3, -0.25) is 4.90 Å². The van der Waals surface area contributed by atoms with Crippen LogP contribution >= 0.6 is 11.6 Å². The first kappa shape index (κ1) is 12.7. The molecule has 2 rings (SSSR count). The van der Waals surface area contributed by atoms with Gasteiger partial charge in [-0.25, -0.2) is 0 Å². The van der Waals surface area contributed by atoms with Gasteiger partial charge in [-0.1, -0.05) is 17.7 Å². The van der Waals surface area contributed by atoms with Crippen molar-refractivity contribution in [3.63, 3.8) is 0 Å². The van der Waals surface area contributed by atoms with Crippen LogP contribution in [-0.2, 0) is 11.3 Å². The van der Waals surface area contributed by atoms with E-state index >= 15 is 0 Å². The summed E-state index contributed by atoms with van der Waals surface area (Å²) in [6.45, 7) is 4.05. The topological polar surface area (TPSA) is 38.5 Å². The number of nitrogens with two attached hydrogens (primary N) is 1. The highest BCUT2D eigenvalue weighted by molar-refractivity contribution is 6.33. The lowest BCUT2D eigenvalue weighted by molar-refractivity contribution is 0.152. The predicted octanol–water partition coefficient (Wildman–Crippen LogP) is 2.39. The van der Waals surface area contributed by atoms with Gasteiger partial charge in [0, 0.05) is 20.2 Å². The number of methoxy groups -OCH3 is 1. The van der Waals surface area contributed by atoms with Gasteiger partial charge in [0.25, 0.3) is 0 Å². The molecule has 17 heavy (non-hydrogen) atoms. The Morgan fingerprint density at radius 1 is 1.53 bits per heavy atom. The molecule has 94 valence electrons. The molecule has 1 aliphatic heterocycles. The van der Waals surface area contributed by atoms with Crippen molar-refractivity contribution < 1.29 is 4.74 Å². The Labute approximate surface area is 107 Å². The highest BCUT2D eigenvalue weighted by Gasteiger charge is 2.22. The molecular formula is C13H19ClN2O. The smallest absolute Gasteiger partial charge is 0.0638 e. The quantitative estimate of drug-likeness (QED) is 0.839. The van der Waals surface area contributed by atoms with Gasteiger partial charge in [-0.05, 0) is 36.6 Å². The average Bonchev–Trinajstić information content (AvgIpc) is 2.72. The largest absolute Gasteiger partial charge is 0.398 e. The molecule has 0 aromatic heterocycles. The number of rotatable bonds is 4. The zero-order chi connectivity index (χ0) is 12.3. The third-order valence-corrected chi connectivity index (χ3v) is 3.57. The summed E-state index contributed by atoms with van der Waals surface area (Å²) in [7, 11) is 1.77. The van der Waals surface area contributed by atoms with Crippen molar-refractivity contribution in [1.82, 2.24) is 4.90 Å². The van der Waals surface area contributed by atoms with Crippen molar-refractivity contribution in [2.75, 3.05) is 32.5 Å². The number of halogens is 1. The van der Waals surface area contributed by atoms with Crippen LogP contribution in [0.4, 0.5) is 5.69 Å². The molecule has 0 spiro atoms. The molecule has 1 saturated heterocycles. The van der Waals surface area contributed by atoms with Gasteiger partial charge in [0.2, 0.25) is 0 Å². The van der Waals surface area contributed by atoms with E-state index < -0.39 is 0 Å². The molecule has 0 saturated carbocycles. The van der Waals surface area contributed by atoms with Gasteiger partial charge in [0.05, 0.1) is 17.3 Å². The van der Waals surface area contributed by atoms with E-state index in [2.05, 4.69) is 4.90 Å². The molecule has 0 bridgehead atoms. The van der Waals surface area contributed by atoms with Crippen LogP contribution in [0.2, 0.25) is 5.02 Å². The first-order valence-electron chi connectivity index (χ1n) is 5.94. The summed E-state index contributed by atoms with van der Waals surface area (Å²) in [5.74, 6) is 0.671. The standard InChI is InChI=1S/C13H19ClN2O/c1-17-9-11-4-5-16(8-11)7-10-2-3-13(15)12(14)6-10/h2-3,6,11H,4-5,7-9,15H2,1H3. The molecule has 4 heteroatoms. The van der Waals surface area contributed by atoms with Crippen LogP contribution in [-0.4, -0.2) is 31.7 Å². The molecule has 0 aliphatic carbocycles. The maximum atomic E-state index is 6.01. The maximum Gasteiger partial charge on any atom is 0.0638 e. The number of ether oxygens (including phenoxy) is 1. The number of benzene rings is 1. The first-order valence-corrected chi connectivity index (χ1v) is 6.32. The molecule has 3 nitrogen and oxygen atoms in total. The highest BCUT2D eigenvalue weighted by atomic mass is 35.5. The summed E-state index contributed by atoms with van der Waals surface area (Å²) in [5, 5.41) is 0.648. The molecule has 0 radical (unpaired) electrons. The summed E-state index contributed by atoms with van der Waals surface area (Å²) < 4.78 is 5.19. The van der Waals surface area contributed by atoms with Crippen molar-refractivity contribution in [2.24, 2.45) is 5.92 Å². The number of likely N-dealkylation sites (tertiary alicyclic amines) is 1. The Balaban J connectivity index is 1.91. The molecule has 1 fully saturated rings. The Morgan fingerprint density at radius 2 is 2.35 bits per heavy atom. The van der Waals surface area contributed by atoms with Gasteiger partial charge in [-0.15, -0.1) is 0 Å².